The van der Waals surface area contributed by atoms with E-state index in [1.807, 2.05) is 67.0 Å². The molecule has 14 heteroatoms. The van der Waals surface area contributed by atoms with Crippen LogP contribution in [-0.4, -0.2) is 77.3 Å². The van der Waals surface area contributed by atoms with E-state index in [0.717, 1.165) is 22.0 Å². The number of benzene rings is 2. The first-order valence-corrected chi connectivity index (χ1v) is 16.1. The number of nitrogens with zero attached hydrogens (tertiary/aromatic N) is 1. The monoisotopic (exact) mass is 637 g/mol. The summed E-state index contributed by atoms with van der Waals surface area (Å²) in [7, 11) is 0. The fraction of sp³-hybridized carbons (Fsp3) is 0.387. The normalized spacial score (nSPS) is 13.6. The van der Waals surface area contributed by atoms with Gasteiger partial charge in [0.25, 0.3) is 0 Å². The molecule has 45 heavy (non-hydrogen) atoms. The first kappa shape index (κ1) is 34.9. The highest BCUT2D eigenvalue weighted by atomic mass is 32.2. The lowest BCUT2D eigenvalue weighted by Crippen LogP contribution is -2.58. The molecule has 4 atom stereocenters. The number of H-pyrrole nitrogens is 1. The lowest BCUT2D eigenvalue weighted by molar-refractivity contribution is -0.133. The van der Waals surface area contributed by atoms with E-state index < -0.39 is 47.8 Å². The van der Waals surface area contributed by atoms with Crippen LogP contribution in [-0.2, 0) is 32.0 Å². The second kappa shape index (κ2) is 17.7. The summed E-state index contributed by atoms with van der Waals surface area (Å²) < 4.78 is 0. The first-order chi connectivity index (χ1) is 21.6. The van der Waals surface area contributed by atoms with Crippen LogP contribution in [0.4, 0.5) is 0 Å². The molecule has 0 saturated heterocycles. The van der Waals surface area contributed by atoms with Crippen molar-refractivity contribution in [3.8, 4) is 0 Å². The molecule has 4 amide bonds. The number of para-hydroxylation sites is 1. The maximum atomic E-state index is 13.5. The summed E-state index contributed by atoms with van der Waals surface area (Å²) in [6.45, 7) is 0.223. The van der Waals surface area contributed by atoms with Gasteiger partial charge < -0.3 is 43.9 Å². The van der Waals surface area contributed by atoms with E-state index in [0.29, 0.717) is 18.6 Å². The first-order valence-electron chi connectivity index (χ1n) is 14.7. The van der Waals surface area contributed by atoms with Crippen molar-refractivity contribution >= 4 is 52.3 Å². The maximum absolute atomic E-state index is 13.5. The number of amides is 4. The molecule has 13 nitrogen and oxygen atoms in total. The van der Waals surface area contributed by atoms with Crippen molar-refractivity contribution in [1.82, 2.24) is 20.9 Å². The zero-order valence-electron chi connectivity index (χ0n) is 25.3. The van der Waals surface area contributed by atoms with Gasteiger partial charge in [0.2, 0.25) is 23.6 Å². The molecule has 1 aromatic heterocycles. The molecule has 1 heterocycles. The second-order valence-electron chi connectivity index (χ2n) is 10.7. The van der Waals surface area contributed by atoms with E-state index in [4.69, 9.17) is 22.9 Å². The highest BCUT2D eigenvalue weighted by Gasteiger charge is 2.30. The van der Waals surface area contributed by atoms with Crippen molar-refractivity contribution in [3.63, 3.8) is 0 Å². The zero-order chi connectivity index (χ0) is 32.8. The second-order valence-corrected chi connectivity index (χ2v) is 11.7. The lowest BCUT2D eigenvalue weighted by atomic mass is 10.0. The van der Waals surface area contributed by atoms with Crippen molar-refractivity contribution in [1.29, 1.82) is 0 Å². The number of hydrogen-bond acceptors (Lipinski definition) is 7. The van der Waals surface area contributed by atoms with Crippen LogP contribution in [0.1, 0.15) is 30.4 Å². The van der Waals surface area contributed by atoms with Crippen LogP contribution in [0, 0.1) is 0 Å². The predicted octanol–water partition coefficient (Wildman–Crippen LogP) is 0.0268. The van der Waals surface area contributed by atoms with Gasteiger partial charge in [0.05, 0.1) is 6.04 Å². The SMILES string of the molecule is CSCCC(NC(=O)C(N)Cc1c[nH]c2ccccc12)C(=O)NC(CCCN=C(N)N)C(=O)NC(Cc1ccccc1)C(N)=O. The Bertz CT molecular complexity index is 1460. The topological polar surface area (TPSA) is 237 Å². The number of carbonyl (C=O) groups excluding carboxylic acids is 4. The summed E-state index contributed by atoms with van der Waals surface area (Å²) in [5, 5.41) is 9.16. The summed E-state index contributed by atoms with van der Waals surface area (Å²) in [6.07, 6.45) is 4.96. The number of carbonyl (C=O) groups is 4. The highest BCUT2D eigenvalue weighted by Crippen LogP contribution is 2.19. The Kier molecular flexibility index (Phi) is 13.7. The van der Waals surface area contributed by atoms with Crippen molar-refractivity contribution in [2.75, 3.05) is 18.6 Å². The summed E-state index contributed by atoms with van der Waals surface area (Å²) in [4.78, 5) is 59.5. The van der Waals surface area contributed by atoms with Crippen molar-refractivity contribution in [2.45, 2.75) is 56.3 Å². The molecule has 0 aliphatic rings. The van der Waals surface area contributed by atoms with E-state index in [2.05, 4.69) is 25.9 Å². The third-order valence-electron chi connectivity index (χ3n) is 7.22. The number of guanidine groups is 1. The van der Waals surface area contributed by atoms with Gasteiger partial charge in [-0.3, -0.25) is 24.2 Å². The Labute approximate surface area is 266 Å². The molecule has 0 aliphatic heterocycles. The average molecular weight is 638 g/mol. The van der Waals surface area contributed by atoms with Crippen LogP contribution in [0.5, 0.6) is 0 Å². The molecule has 4 unspecified atom stereocenters. The Balaban J connectivity index is 1.71. The number of fused-ring (bicyclic) bond motifs is 1. The molecule has 242 valence electrons. The van der Waals surface area contributed by atoms with Crippen LogP contribution in [0.3, 0.4) is 0 Å². The van der Waals surface area contributed by atoms with Gasteiger partial charge in [-0.2, -0.15) is 11.8 Å². The quantitative estimate of drug-likeness (QED) is 0.0536. The fourth-order valence-corrected chi connectivity index (χ4v) is 5.27. The smallest absolute Gasteiger partial charge is 0.243 e. The van der Waals surface area contributed by atoms with Crippen molar-refractivity contribution in [2.24, 2.45) is 27.9 Å². The van der Waals surface area contributed by atoms with Gasteiger partial charge in [-0.05, 0) is 54.9 Å². The number of hydrogen-bond donors (Lipinski definition) is 8. The number of nitrogens with one attached hydrogen (secondary N) is 4. The fourth-order valence-electron chi connectivity index (χ4n) is 4.80. The minimum Gasteiger partial charge on any atom is -0.370 e. The molecule has 0 radical (unpaired) electrons. The van der Waals surface area contributed by atoms with Gasteiger partial charge >= 0.3 is 0 Å². The Hall–Kier alpha value is -4.56. The van der Waals surface area contributed by atoms with Gasteiger partial charge in [-0.15, -0.1) is 0 Å². The number of aromatic nitrogens is 1. The van der Waals surface area contributed by atoms with E-state index in [1.165, 1.54) is 11.8 Å². The van der Waals surface area contributed by atoms with Crippen LogP contribution in [0.2, 0.25) is 0 Å². The van der Waals surface area contributed by atoms with E-state index in [-0.39, 0.29) is 31.8 Å². The zero-order valence-corrected chi connectivity index (χ0v) is 26.1. The highest BCUT2D eigenvalue weighted by molar-refractivity contribution is 7.98. The minimum absolute atomic E-state index is 0.0968. The summed E-state index contributed by atoms with van der Waals surface area (Å²) >= 11 is 1.51. The summed E-state index contributed by atoms with van der Waals surface area (Å²) in [5.41, 5.74) is 25.3. The van der Waals surface area contributed by atoms with Crippen molar-refractivity contribution < 1.29 is 19.2 Å². The van der Waals surface area contributed by atoms with E-state index in [9.17, 15) is 19.2 Å². The molecule has 2 aromatic carbocycles. The lowest BCUT2D eigenvalue weighted by Gasteiger charge is -2.25. The Morgan fingerprint density at radius 1 is 0.822 bits per heavy atom. The number of aliphatic imine (C=N–C) groups is 1. The number of nitrogens with two attached hydrogens (primary N) is 4. The van der Waals surface area contributed by atoms with E-state index >= 15 is 0 Å². The molecule has 3 rings (SSSR count). The third-order valence-corrected chi connectivity index (χ3v) is 7.86. The van der Waals surface area contributed by atoms with Crippen LogP contribution >= 0.6 is 11.8 Å². The Morgan fingerprint density at radius 2 is 1.44 bits per heavy atom. The molecule has 0 spiro atoms. The predicted molar refractivity (Wildman–Crippen MR) is 178 cm³/mol. The van der Waals surface area contributed by atoms with Gasteiger partial charge in [0, 0.05) is 30.1 Å². The van der Waals surface area contributed by atoms with Crippen molar-refractivity contribution in [3.05, 3.63) is 71.9 Å². The van der Waals surface area contributed by atoms with E-state index in [1.54, 1.807) is 0 Å². The molecular weight excluding hydrogens is 594 g/mol. The Morgan fingerprint density at radius 3 is 2.11 bits per heavy atom. The minimum atomic E-state index is -1.06. The number of primary amides is 1. The molecular formula is C31H43N9O4S. The van der Waals surface area contributed by atoms with Crippen LogP contribution < -0.4 is 38.9 Å². The van der Waals surface area contributed by atoms with Crippen LogP contribution in [0.15, 0.2) is 65.8 Å². The molecule has 3 aromatic rings. The van der Waals surface area contributed by atoms with Crippen LogP contribution in [0.25, 0.3) is 10.9 Å². The molecule has 0 bridgehead atoms. The summed E-state index contributed by atoms with van der Waals surface area (Å²) in [5.74, 6) is -1.89. The third kappa shape index (κ3) is 11.1. The molecule has 0 aliphatic carbocycles. The van der Waals surface area contributed by atoms with Gasteiger partial charge in [0.1, 0.15) is 18.1 Å². The summed E-state index contributed by atoms with van der Waals surface area (Å²) in [6, 6.07) is 12.9. The van der Waals surface area contributed by atoms with Gasteiger partial charge in [-0.1, -0.05) is 48.5 Å². The van der Waals surface area contributed by atoms with Gasteiger partial charge in [0.15, 0.2) is 5.96 Å². The van der Waals surface area contributed by atoms with Gasteiger partial charge in [-0.25, -0.2) is 0 Å². The molecule has 0 saturated carbocycles. The molecule has 0 fully saturated rings. The number of aromatic amines is 1. The molecule has 12 N–H and O–H groups in total. The average Bonchev–Trinajstić information content (AvgIpc) is 3.42. The largest absolute Gasteiger partial charge is 0.370 e. The maximum Gasteiger partial charge on any atom is 0.243 e. The standard InChI is InChI=1S/C31H43N9O4S/c1-45-15-13-25(38-28(42)22(32)17-20-18-37-23-11-6-5-10-21(20)23)30(44)39-24(12-7-14-36-31(34)35)29(43)40-26(27(33)41)16-19-8-3-2-4-9-19/h2-6,8-11,18,22,24-26,37H,7,12-17,32H2,1H3,(H2,33,41)(H,38,42)(H,39,44)(H,40,43)(H4,34,35,36). The number of rotatable bonds is 18. The number of thioether (sulfide) groups is 1.